The molecule has 0 saturated carbocycles. The molecule has 36 heavy (non-hydrogen) atoms. The minimum Gasteiger partial charge on any atom is -0.493 e. The smallest absolute Gasteiger partial charge is 0.320 e. The van der Waals surface area contributed by atoms with Crippen LogP contribution in [0.25, 0.3) is 10.9 Å². The number of hydrogen-bond donors (Lipinski definition) is 1. The van der Waals surface area contributed by atoms with Gasteiger partial charge in [-0.3, -0.25) is 0 Å². The lowest BCUT2D eigenvalue weighted by molar-refractivity contribution is 0.0328. The Morgan fingerprint density at radius 2 is 1.97 bits per heavy atom. The monoisotopic (exact) mass is 515 g/mol. The molecule has 1 unspecified atom stereocenters. The number of nitrogens with zero attached hydrogens (tertiary/aromatic N) is 4. The summed E-state index contributed by atoms with van der Waals surface area (Å²) in [6, 6.07) is 8.00. The van der Waals surface area contributed by atoms with Crippen LogP contribution in [0.15, 0.2) is 36.7 Å². The van der Waals surface area contributed by atoms with Gasteiger partial charge in [0.15, 0.2) is 11.5 Å². The highest BCUT2D eigenvalue weighted by atomic mass is 35.5. The molecule has 11 heteroatoms. The Morgan fingerprint density at radius 3 is 2.75 bits per heavy atom. The number of urea groups is 1. The summed E-state index contributed by atoms with van der Waals surface area (Å²) in [6.45, 7) is 3.53. The van der Waals surface area contributed by atoms with Gasteiger partial charge < -0.3 is 29.3 Å². The summed E-state index contributed by atoms with van der Waals surface area (Å²) < 4.78 is 30.9. The number of ether oxygens (including phenoxy) is 3. The van der Waals surface area contributed by atoms with Gasteiger partial charge in [0.25, 0.3) is 0 Å². The molecule has 5 rings (SSSR count). The molecule has 2 amide bonds. The van der Waals surface area contributed by atoms with E-state index in [-0.39, 0.29) is 17.2 Å². The topological polar surface area (TPSA) is 89.1 Å². The average molecular weight is 516 g/mol. The first kappa shape index (κ1) is 24.3. The van der Waals surface area contributed by atoms with E-state index >= 15 is 0 Å². The summed E-state index contributed by atoms with van der Waals surface area (Å²) in [5.41, 5.74) is 1.24. The van der Waals surface area contributed by atoms with Crippen molar-refractivity contribution in [2.24, 2.45) is 0 Å². The number of hydrogen-bond acceptors (Lipinski definition) is 7. The van der Waals surface area contributed by atoms with Gasteiger partial charge in [0.2, 0.25) is 0 Å². The van der Waals surface area contributed by atoms with Gasteiger partial charge in [0.05, 0.1) is 37.4 Å². The van der Waals surface area contributed by atoms with E-state index < -0.39 is 5.82 Å². The Bertz CT molecular complexity index is 1260. The Kier molecular flexibility index (Phi) is 7.24. The molecular formula is C25H27ClFN5O4. The zero-order chi connectivity index (χ0) is 25.1. The maximum absolute atomic E-state index is 13.6. The van der Waals surface area contributed by atoms with E-state index in [9.17, 15) is 9.18 Å². The summed E-state index contributed by atoms with van der Waals surface area (Å²) >= 11 is 5.93. The molecule has 9 nitrogen and oxygen atoms in total. The van der Waals surface area contributed by atoms with Crippen LogP contribution >= 0.6 is 11.6 Å². The predicted molar refractivity (Wildman–Crippen MR) is 134 cm³/mol. The van der Waals surface area contributed by atoms with Crippen molar-refractivity contribution in [2.45, 2.75) is 18.9 Å². The maximum atomic E-state index is 13.6. The zero-order valence-electron chi connectivity index (χ0n) is 19.9. The molecule has 0 bridgehead atoms. The van der Waals surface area contributed by atoms with Crippen molar-refractivity contribution in [1.29, 1.82) is 0 Å². The van der Waals surface area contributed by atoms with Gasteiger partial charge in [0, 0.05) is 36.8 Å². The largest absolute Gasteiger partial charge is 0.493 e. The number of nitrogens with one attached hydrogen (secondary N) is 1. The highest BCUT2D eigenvalue weighted by Crippen LogP contribution is 2.36. The van der Waals surface area contributed by atoms with Gasteiger partial charge in [-0.25, -0.2) is 19.2 Å². The van der Waals surface area contributed by atoms with Crippen molar-refractivity contribution in [1.82, 2.24) is 19.8 Å². The lowest BCUT2D eigenvalue weighted by Gasteiger charge is -2.37. The van der Waals surface area contributed by atoms with E-state index in [1.165, 1.54) is 18.5 Å². The van der Waals surface area contributed by atoms with Crippen molar-refractivity contribution in [3.63, 3.8) is 0 Å². The molecule has 1 N–H and O–H groups in total. The van der Waals surface area contributed by atoms with Crippen LogP contribution in [0.1, 0.15) is 12.8 Å². The van der Waals surface area contributed by atoms with Crippen LogP contribution in [0.2, 0.25) is 5.02 Å². The number of piperidine rings is 1. The molecule has 190 valence electrons. The molecule has 3 aromatic rings. The van der Waals surface area contributed by atoms with E-state index in [0.29, 0.717) is 73.3 Å². The molecule has 0 radical (unpaired) electrons. The molecule has 0 spiro atoms. The summed E-state index contributed by atoms with van der Waals surface area (Å²) in [5.74, 6) is 1.09. The normalized spacial score (nSPS) is 18.2. The van der Waals surface area contributed by atoms with Crippen LogP contribution in [0, 0.1) is 5.82 Å². The summed E-state index contributed by atoms with van der Waals surface area (Å²) in [5, 5.41) is 3.89. The predicted octanol–water partition coefficient (Wildman–Crippen LogP) is 4.47. The number of likely N-dealkylation sites (tertiary alicyclic amines) is 1. The van der Waals surface area contributed by atoms with E-state index in [1.807, 2.05) is 15.9 Å². The summed E-state index contributed by atoms with van der Waals surface area (Å²) in [7, 11) is 1.57. The minimum atomic E-state index is -0.496. The highest BCUT2D eigenvalue weighted by molar-refractivity contribution is 6.31. The van der Waals surface area contributed by atoms with Crippen LogP contribution < -0.4 is 14.8 Å². The average Bonchev–Trinajstić information content (AvgIpc) is 2.91. The van der Waals surface area contributed by atoms with Gasteiger partial charge in [-0.2, -0.15) is 0 Å². The van der Waals surface area contributed by atoms with Gasteiger partial charge in [-0.15, -0.1) is 0 Å². The van der Waals surface area contributed by atoms with Crippen LogP contribution in [-0.4, -0.2) is 78.4 Å². The number of carbonyl (C=O) groups is 1. The molecule has 1 atom stereocenters. The van der Waals surface area contributed by atoms with E-state index in [0.717, 1.165) is 12.8 Å². The Labute approximate surface area is 213 Å². The molecule has 2 saturated heterocycles. The van der Waals surface area contributed by atoms with Crippen molar-refractivity contribution < 1.29 is 23.4 Å². The molecule has 3 heterocycles. The fraction of sp³-hybridized carbons (Fsp3) is 0.400. The highest BCUT2D eigenvalue weighted by Gasteiger charge is 2.29. The van der Waals surface area contributed by atoms with Gasteiger partial charge >= 0.3 is 6.03 Å². The van der Waals surface area contributed by atoms with E-state index in [2.05, 4.69) is 15.3 Å². The third-order valence-electron chi connectivity index (χ3n) is 6.33. The van der Waals surface area contributed by atoms with Crippen LogP contribution in [0.3, 0.4) is 0 Å². The molecule has 2 aliphatic heterocycles. The van der Waals surface area contributed by atoms with Crippen LogP contribution in [0.5, 0.6) is 11.5 Å². The first-order valence-electron chi connectivity index (χ1n) is 11.8. The standard InChI is InChI=1S/C25H27ClFN5O4/c1-34-22-13-21-18(24(29-15-28-21)30-16-4-5-20(27)19(26)11-16)12-23(22)36-17-3-2-6-32(14-17)25(33)31-7-9-35-10-8-31/h4-5,11-13,15,17H,2-3,6-10,14H2,1H3,(H,28,29,30). The third kappa shape index (κ3) is 5.24. The number of anilines is 2. The second-order valence-electron chi connectivity index (χ2n) is 8.71. The molecule has 1 aromatic heterocycles. The first-order chi connectivity index (χ1) is 17.5. The number of carbonyl (C=O) groups excluding carboxylic acids is 1. The quantitative estimate of drug-likeness (QED) is 0.536. The number of benzene rings is 2. The van der Waals surface area contributed by atoms with Gasteiger partial charge in [-0.05, 0) is 37.1 Å². The summed E-state index contributed by atoms with van der Waals surface area (Å²) in [6.07, 6.45) is 2.91. The van der Waals surface area contributed by atoms with Crippen molar-refractivity contribution in [3.8, 4) is 11.5 Å². The number of methoxy groups -OCH3 is 1. The van der Waals surface area contributed by atoms with Crippen molar-refractivity contribution in [2.75, 3.05) is 51.8 Å². The molecule has 2 aliphatic rings. The van der Waals surface area contributed by atoms with Gasteiger partial charge in [-0.1, -0.05) is 11.6 Å². The summed E-state index contributed by atoms with van der Waals surface area (Å²) in [4.78, 5) is 25.4. The lowest BCUT2D eigenvalue weighted by atomic mass is 10.1. The van der Waals surface area contributed by atoms with E-state index in [4.69, 9.17) is 25.8 Å². The van der Waals surface area contributed by atoms with E-state index in [1.54, 1.807) is 19.2 Å². The van der Waals surface area contributed by atoms with Crippen molar-refractivity contribution >= 4 is 40.0 Å². The number of aromatic nitrogens is 2. The Morgan fingerprint density at radius 1 is 1.14 bits per heavy atom. The number of amides is 2. The lowest BCUT2D eigenvalue weighted by Crippen LogP contribution is -2.52. The number of fused-ring (bicyclic) bond motifs is 1. The number of halogens is 2. The fourth-order valence-corrected chi connectivity index (χ4v) is 4.65. The maximum Gasteiger partial charge on any atom is 0.320 e. The van der Waals surface area contributed by atoms with Crippen molar-refractivity contribution in [3.05, 3.63) is 47.5 Å². The molecular weight excluding hydrogens is 489 g/mol. The number of morpholine rings is 1. The molecule has 0 aliphatic carbocycles. The molecule has 2 aromatic carbocycles. The second-order valence-corrected chi connectivity index (χ2v) is 9.11. The Balaban J connectivity index is 1.37. The number of rotatable bonds is 5. The minimum absolute atomic E-state index is 0.0116. The first-order valence-corrected chi connectivity index (χ1v) is 12.2. The Hall–Kier alpha value is -3.37. The van der Waals surface area contributed by atoms with Gasteiger partial charge in [0.1, 0.15) is 24.1 Å². The molecule has 2 fully saturated rings. The van der Waals surface area contributed by atoms with Crippen LogP contribution in [-0.2, 0) is 4.74 Å². The second kappa shape index (κ2) is 10.7. The fourth-order valence-electron chi connectivity index (χ4n) is 4.47. The third-order valence-corrected chi connectivity index (χ3v) is 6.62. The van der Waals surface area contributed by atoms with Crippen LogP contribution in [0.4, 0.5) is 20.7 Å². The SMILES string of the molecule is COc1cc2ncnc(Nc3ccc(F)c(Cl)c3)c2cc1OC1CCCN(C(=O)N2CCOCC2)C1. The zero-order valence-corrected chi connectivity index (χ0v) is 20.6.